The largest absolute Gasteiger partial charge is 1.00 e. The molecule has 12 N–H and O–H groups in total. The van der Waals surface area contributed by atoms with Gasteiger partial charge in [-0.2, -0.15) is 23.5 Å². The molecule has 0 bridgehead atoms. The third-order valence-corrected chi connectivity index (χ3v) is 18.1. The smallest absolute Gasteiger partial charge is 0.870 e. The molecule has 0 aromatic heterocycles. The van der Waals surface area contributed by atoms with E-state index >= 15 is 0 Å². The number of hydrogen-bond acceptors (Lipinski definition) is 22. The first-order chi connectivity index (χ1) is 45.6. The molecule has 0 radical (unpaired) electrons. The fraction of sp³-hybridized carbons (Fsp3) is 0.449. The van der Waals surface area contributed by atoms with Gasteiger partial charge in [-0.15, -0.1) is 0 Å². The predicted octanol–water partition coefficient (Wildman–Crippen LogP) is -4.45. The minimum atomic E-state index is -2.58. The molecule has 0 aliphatic carbocycles. The second kappa shape index (κ2) is 42.7. The first kappa shape index (κ1) is 84.9. The SMILES string of the molecule is CC(=O)N[C@H]1[C@H]([C@H](O)[C@H](O)CNC(=O)Cc2ccc(-c3ccccc3)cc2)O[C@]([C-]=O)(OCCCSCCNC(=O)c2ccc(C(=O)CCCSCCCO[C@]3(C(=O)[O-])C[C@H](O)[C@@H](NC(C)=O)[C@H]([C@H](O)[C@H](O)CNC(=O)Cc4ccc(-c5ccccc5)cc4)O3)cc2)C[C@@H]1O.[Na+].[Na+].[OH-]. The number of aliphatic hydroxyl groups is 6. The number of aliphatic hydroxyl groups excluding tert-OH is 6. The van der Waals surface area contributed by atoms with Crippen LogP contribution < -0.4 is 90.8 Å². The van der Waals surface area contributed by atoms with E-state index in [0.717, 1.165) is 29.2 Å². The Balaban J connectivity index is 0.00000680. The summed E-state index contributed by atoms with van der Waals surface area (Å²) in [4.78, 5) is 101. The van der Waals surface area contributed by atoms with Crippen molar-refractivity contribution in [2.24, 2.45) is 0 Å². The Bertz CT molecular complexity index is 3320. The standard InChI is InChI=1S/C69H84N5O19S2.2Na.H2O/c1-43(76)73-60-54(79)38-68(42-75,92-64(60)62(85)56(81)40-71-58(83)36-45-17-21-49(22-18-45)47-12-5-3-6-13-47)90-30-10-34-95-35-29-70-66(87)52-27-25-51(26-28-52)53(78)16-9-32-94-33-11-31-91-69(67(88)89)39-55(80)61(74-44(2)77)65(93-69)63(86)57(82)41-72-59(84)37-46-19-23-50(24-20-46)48-14-7-4-8-15-48;;;/h3-8,12-15,17-28,54-57,60-65,79-82,85-86H,9-11,16,29-41H2,1-2H3,(H,70,87)(H,71,83)(H,72,84)(H,73,76)(H,74,77)(H,88,89);;;1H2/q-1;2*+1;/p-2/t54-,55-,56+,57+,60+,61+,62+,63+,64+,65+,68+,69+;;;/m0.../s1. The van der Waals surface area contributed by atoms with Crippen molar-refractivity contribution in [3.63, 3.8) is 0 Å². The third kappa shape index (κ3) is 25.8. The van der Waals surface area contributed by atoms with E-state index in [-0.39, 0.29) is 109 Å². The van der Waals surface area contributed by atoms with Gasteiger partial charge in [-0.25, -0.2) is 6.29 Å². The van der Waals surface area contributed by atoms with E-state index in [9.17, 15) is 74.1 Å². The molecule has 5 amide bonds. The number of carboxylic acid groups (broad SMARTS) is 1. The molecule has 5 aromatic carbocycles. The summed E-state index contributed by atoms with van der Waals surface area (Å²) < 4.78 is 23.2. The molecule has 12 atom stereocenters. The Kier molecular flexibility index (Phi) is 37.0. The van der Waals surface area contributed by atoms with Gasteiger partial charge in [0.05, 0.1) is 61.7 Å². The molecule has 0 unspecified atom stereocenters. The second-order valence-corrected chi connectivity index (χ2v) is 25.7. The van der Waals surface area contributed by atoms with Crippen LogP contribution in [0.3, 0.4) is 0 Å². The Hall–Kier alpha value is -5.48. The quantitative estimate of drug-likeness (QED) is 0.00773. The molecular formula is C69H84N5Na2O20S2-. The topological polar surface area (TPSA) is 408 Å². The van der Waals surface area contributed by atoms with Gasteiger partial charge < -0.3 is 96.3 Å². The number of thioether (sulfide) groups is 2. The summed E-state index contributed by atoms with van der Waals surface area (Å²) in [5.74, 6) is -7.17. The van der Waals surface area contributed by atoms with Gasteiger partial charge >= 0.3 is 59.1 Å². The van der Waals surface area contributed by atoms with E-state index < -0.39 is 128 Å². The molecule has 520 valence electrons. The molecule has 2 fully saturated rings. The van der Waals surface area contributed by atoms with Crippen LogP contribution in [-0.2, 0) is 60.6 Å². The zero-order chi connectivity index (χ0) is 68.5. The van der Waals surface area contributed by atoms with Crippen molar-refractivity contribution in [3.8, 4) is 22.3 Å². The van der Waals surface area contributed by atoms with Crippen LogP contribution in [0.2, 0.25) is 0 Å². The number of hydrogen-bond donors (Lipinski definition) is 11. The van der Waals surface area contributed by atoms with Gasteiger partial charge in [-0.3, -0.25) is 28.8 Å². The number of benzene rings is 5. The second-order valence-electron chi connectivity index (χ2n) is 23.2. The minimum absolute atomic E-state index is 0. The Morgan fingerprint density at radius 1 is 0.571 bits per heavy atom. The molecule has 25 nitrogen and oxygen atoms in total. The number of Topliss-reactive ketones (excluding diaryl/α,β-unsaturated/α-hetero) is 1. The first-order valence-electron chi connectivity index (χ1n) is 31.4. The first-order valence-corrected chi connectivity index (χ1v) is 33.7. The van der Waals surface area contributed by atoms with Gasteiger partial charge in [-0.05, 0) is 82.0 Å². The van der Waals surface area contributed by atoms with E-state index in [4.69, 9.17) is 18.9 Å². The van der Waals surface area contributed by atoms with Gasteiger partial charge in [0, 0.05) is 76.2 Å². The van der Waals surface area contributed by atoms with Gasteiger partial charge in [0.1, 0.15) is 30.4 Å². The number of carbonyl (C=O) groups is 7. The maximum Gasteiger partial charge on any atom is 1.00 e. The van der Waals surface area contributed by atoms with Gasteiger partial charge in [-0.1, -0.05) is 121 Å². The van der Waals surface area contributed by atoms with Crippen LogP contribution in [0.15, 0.2) is 133 Å². The Labute approximate surface area is 621 Å². The molecule has 2 aliphatic heterocycles. The number of nitrogens with one attached hydrogen (secondary N) is 5. The third-order valence-electron chi connectivity index (χ3n) is 15.9. The monoisotopic (exact) mass is 1410 g/mol. The number of aliphatic carboxylic acids is 1. The van der Waals surface area contributed by atoms with E-state index in [1.165, 1.54) is 30.4 Å². The average molecular weight is 1410 g/mol. The fourth-order valence-electron chi connectivity index (χ4n) is 10.9. The van der Waals surface area contributed by atoms with Gasteiger partial charge in [0.2, 0.25) is 29.4 Å². The van der Waals surface area contributed by atoms with Crippen molar-refractivity contribution >= 4 is 71.1 Å². The average Bonchev–Trinajstić information content (AvgIpc) is 0.777. The number of ketones is 1. The van der Waals surface area contributed by atoms with Crippen molar-refractivity contribution in [3.05, 3.63) is 156 Å². The number of amides is 5. The maximum atomic E-state index is 13.0. The molecule has 29 heteroatoms. The number of carboxylic acids is 1. The molecule has 2 heterocycles. The van der Waals surface area contributed by atoms with Gasteiger partial charge in [0.25, 0.3) is 5.91 Å². The van der Waals surface area contributed by atoms with E-state index in [1.807, 2.05) is 97.1 Å². The van der Waals surface area contributed by atoms with Gasteiger partial charge in [0.15, 0.2) is 5.78 Å². The molecule has 2 saturated heterocycles. The van der Waals surface area contributed by atoms with Crippen molar-refractivity contribution in [1.82, 2.24) is 26.6 Å². The summed E-state index contributed by atoms with van der Waals surface area (Å²) in [6.45, 7) is 1.48. The van der Waals surface area contributed by atoms with Crippen LogP contribution in [0, 0.1) is 0 Å². The molecule has 0 spiro atoms. The number of carbonyl (C=O) groups excluding carboxylic acids is 8. The maximum absolute atomic E-state index is 13.0. The number of ether oxygens (including phenoxy) is 4. The summed E-state index contributed by atoms with van der Waals surface area (Å²) >= 11 is 2.96. The molecule has 98 heavy (non-hydrogen) atoms. The van der Waals surface area contributed by atoms with Crippen molar-refractivity contribution in [2.45, 2.75) is 138 Å². The summed E-state index contributed by atoms with van der Waals surface area (Å²) in [5, 5.41) is 92.3. The van der Waals surface area contributed by atoms with Crippen LogP contribution in [0.4, 0.5) is 0 Å². The summed E-state index contributed by atoms with van der Waals surface area (Å²) in [7, 11) is 0. The van der Waals surface area contributed by atoms with Crippen LogP contribution in [0.1, 0.15) is 84.2 Å². The van der Waals surface area contributed by atoms with Crippen LogP contribution in [0.25, 0.3) is 22.3 Å². The Morgan fingerprint density at radius 3 is 1.47 bits per heavy atom. The molecule has 5 aromatic rings. The van der Waals surface area contributed by atoms with Crippen molar-refractivity contribution in [2.75, 3.05) is 55.9 Å². The molecule has 7 rings (SSSR count). The predicted molar refractivity (Wildman–Crippen MR) is 354 cm³/mol. The zero-order valence-corrected chi connectivity index (χ0v) is 60.9. The van der Waals surface area contributed by atoms with Crippen molar-refractivity contribution in [1.29, 1.82) is 0 Å². The van der Waals surface area contributed by atoms with Crippen LogP contribution >= 0.6 is 23.5 Å². The van der Waals surface area contributed by atoms with Crippen LogP contribution in [-0.4, -0.2) is 212 Å². The van der Waals surface area contributed by atoms with E-state index in [1.54, 1.807) is 42.7 Å². The zero-order valence-electron chi connectivity index (χ0n) is 55.3. The van der Waals surface area contributed by atoms with Crippen molar-refractivity contribution < 1.29 is 158 Å². The van der Waals surface area contributed by atoms with Crippen LogP contribution in [0.5, 0.6) is 0 Å². The molecular weight excluding hydrogens is 1330 g/mol. The summed E-state index contributed by atoms with van der Waals surface area (Å²) in [6.07, 6.45) is -11.6. The summed E-state index contributed by atoms with van der Waals surface area (Å²) in [5.41, 5.74) is 6.12. The minimum Gasteiger partial charge on any atom is -0.870 e. The van der Waals surface area contributed by atoms with E-state index in [2.05, 4.69) is 26.6 Å². The van der Waals surface area contributed by atoms with E-state index in [0.29, 0.717) is 71.1 Å². The number of rotatable bonds is 37. The Morgan fingerprint density at radius 2 is 1.00 bits per heavy atom. The molecule has 2 aliphatic rings. The fourth-order valence-corrected chi connectivity index (χ4v) is 12.6. The summed E-state index contributed by atoms with van der Waals surface area (Å²) in [6, 6.07) is 37.7. The normalized spacial score (nSPS) is 21.5. The molecule has 0 saturated carbocycles.